The molecule has 0 saturated carbocycles. The third-order valence-corrected chi connectivity index (χ3v) is 1.78. The van der Waals surface area contributed by atoms with Crippen molar-refractivity contribution in [2.75, 3.05) is 0 Å². The first kappa shape index (κ1) is 9.98. The zero-order valence-corrected chi connectivity index (χ0v) is 8.53. The van der Waals surface area contributed by atoms with Crippen LogP contribution in [0.4, 0.5) is 0 Å². The van der Waals surface area contributed by atoms with Crippen molar-refractivity contribution in [1.29, 1.82) is 0 Å². The molecule has 72 valence electrons. The van der Waals surface area contributed by atoms with Gasteiger partial charge in [0.2, 0.25) is 4.74 Å². The van der Waals surface area contributed by atoms with E-state index in [1.165, 1.54) is 6.07 Å². The topological polar surface area (TPSA) is 59.2 Å². The van der Waals surface area contributed by atoms with Crippen LogP contribution in [0.1, 0.15) is 31.3 Å². The Morgan fingerprint density at radius 2 is 2.15 bits per heavy atom. The molecule has 1 N–H and O–H groups in total. The van der Waals surface area contributed by atoms with E-state index < -0.39 is 11.6 Å². The van der Waals surface area contributed by atoms with Crippen LogP contribution in [0.15, 0.2) is 10.9 Å². The lowest BCUT2D eigenvalue weighted by molar-refractivity contribution is 0.00642. The molecule has 0 saturated heterocycles. The van der Waals surface area contributed by atoms with Crippen LogP contribution in [-0.2, 0) is 4.74 Å². The maximum atomic E-state index is 11.3. The Labute approximate surface area is 79.7 Å². The first-order chi connectivity index (χ1) is 5.88. The first-order valence-corrected chi connectivity index (χ1v) is 4.62. The molecule has 0 radical (unpaired) electrons. The highest BCUT2D eigenvalue weighted by molar-refractivity contribution is 7.03. The number of aromatic nitrogens is 1. The van der Waals surface area contributed by atoms with Crippen molar-refractivity contribution >= 4 is 17.5 Å². The van der Waals surface area contributed by atoms with E-state index in [1.54, 1.807) is 20.8 Å². The van der Waals surface area contributed by atoms with Crippen LogP contribution in [0.2, 0.25) is 0 Å². The third-order valence-electron chi connectivity index (χ3n) is 1.14. The molecule has 0 unspecified atom stereocenters. The molecule has 5 heteroatoms. The second-order valence-electron chi connectivity index (χ2n) is 3.58. The molecule has 0 amide bonds. The van der Waals surface area contributed by atoms with Crippen LogP contribution in [0.25, 0.3) is 0 Å². The summed E-state index contributed by atoms with van der Waals surface area (Å²) in [6.07, 6.45) is 0. The molecular formula is C8H11NO3S. The van der Waals surface area contributed by atoms with Gasteiger partial charge in [-0.3, -0.25) is 4.79 Å². The van der Waals surface area contributed by atoms with Crippen LogP contribution in [0.5, 0.6) is 0 Å². The van der Waals surface area contributed by atoms with Crippen molar-refractivity contribution in [2.45, 2.75) is 26.4 Å². The Morgan fingerprint density at radius 3 is 2.54 bits per heavy atom. The summed E-state index contributed by atoms with van der Waals surface area (Å²) in [5.41, 5.74) is -0.319. The standard InChI is InChI=1S/C8H11NO3S/c1-8(2,3)12-7(11)5-4-6(10)13-9-5/h4,9H,1-3H3. The van der Waals surface area contributed by atoms with Crippen LogP contribution in [-0.4, -0.2) is 15.9 Å². The molecule has 0 bridgehead atoms. The van der Waals surface area contributed by atoms with Gasteiger partial charge in [0.05, 0.1) is 0 Å². The van der Waals surface area contributed by atoms with Crippen molar-refractivity contribution in [3.8, 4) is 0 Å². The number of aromatic amines is 1. The lowest BCUT2D eigenvalue weighted by Gasteiger charge is -2.18. The van der Waals surface area contributed by atoms with Gasteiger partial charge in [-0.1, -0.05) is 0 Å². The van der Waals surface area contributed by atoms with Gasteiger partial charge < -0.3 is 9.11 Å². The Kier molecular flexibility index (Phi) is 2.56. The largest absolute Gasteiger partial charge is 0.455 e. The number of H-pyrrole nitrogens is 1. The van der Waals surface area contributed by atoms with Gasteiger partial charge in [0.15, 0.2) is 0 Å². The molecule has 1 aromatic heterocycles. The van der Waals surface area contributed by atoms with E-state index >= 15 is 0 Å². The SMILES string of the molecule is CC(C)(C)OC(=O)c1cc(=O)s[nH]1. The fourth-order valence-electron chi connectivity index (χ4n) is 0.716. The highest BCUT2D eigenvalue weighted by Gasteiger charge is 2.18. The van der Waals surface area contributed by atoms with Crippen molar-refractivity contribution in [2.24, 2.45) is 0 Å². The van der Waals surface area contributed by atoms with Gasteiger partial charge in [0.1, 0.15) is 11.3 Å². The number of hydrogen-bond donors (Lipinski definition) is 1. The van der Waals surface area contributed by atoms with Gasteiger partial charge in [0, 0.05) is 6.07 Å². The number of ether oxygens (including phenoxy) is 1. The van der Waals surface area contributed by atoms with Gasteiger partial charge in [-0.2, -0.15) is 0 Å². The van der Waals surface area contributed by atoms with Gasteiger partial charge in [-0.15, -0.1) is 0 Å². The van der Waals surface area contributed by atoms with E-state index in [9.17, 15) is 9.59 Å². The van der Waals surface area contributed by atoms with E-state index in [-0.39, 0.29) is 10.4 Å². The highest BCUT2D eigenvalue weighted by Crippen LogP contribution is 2.10. The normalized spacial score (nSPS) is 11.3. The average Bonchev–Trinajstić information content (AvgIpc) is 2.31. The first-order valence-electron chi connectivity index (χ1n) is 3.80. The molecule has 0 aliphatic heterocycles. The van der Waals surface area contributed by atoms with Crippen molar-refractivity contribution in [3.63, 3.8) is 0 Å². The van der Waals surface area contributed by atoms with Gasteiger partial charge in [-0.05, 0) is 32.3 Å². The van der Waals surface area contributed by atoms with Gasteiger partial charge in [-0.25, -0.2) is 4.79 Å². The summed E-state index contributed by atoms with van der Waals surface area (Å²) in [7, 11) is 0. The summed E-state index contributed by atoms with van der Waals surface area (Å²) in [4.78, 5) is 22.0. The minimum atomic E-state index is -0.532. The minimum absolute atomic E-state index is 0.180. The molecule has 0 fully saturated rings. The van der Waals surface area contributed by atoms with E-state index in [2.05, 4.69) is 4.37 Å². The van der Waals surface area contributed by atoms with Crippen LogP contribution in [0, 0.1) is 0 Å². The molecule has 1 heterocycles. The number of nitrogens with one attached hydrogen (secondary N) is 1. The Hall–Kier alpha value is -1.10. The van der Waals surface area contributed by atoms with Crippen LogP contribution >= 0.6 is 11.5 Å². The maximum Gasteiger partial charge on any atom is 0.356 e. The summed E-state index contributed by atoms with van der Waals surface area (Å²) in [5.74, 6) is -0.495. The Balaban J connectivity index is 2.75. The number of carbonyl (C=O) groups excluding carboxylic acids is 1. The maximum absolute atomic E-state index is 11.3. The quantitative estimate of drug-likeness (QED) is 0.698. The second-order valence-corrected chi connectivity index (χ2v) is 4.39. The number of esters is 1. The molecule has 4 nitrogen and oxygen atoms in total. The number of hydrogen-bond acceptors (Lipinski definition) is 4. The molecule has 0 atom stereocenters. The van der Waals surface area contributed by atoms with Crippen molar-refractivity contribution in [3.05, 3.63) is 21.3 Å². The molecule has 1 aromatic rings. The Bertz CT molecular complexity index is 358. The predicted octanol–water partition coefficient (Wildman–Crippen LogP) is 1.39. The fraction of sp³-hybridized carbons (Fsp3) is 0.500. The van der Waals surface area contributed by atoms with E-state index in [4.69, 9.17) is 4.74 Å². The predicted molar refractivity (Wildman–Crippen MR) is 50.1 cm³/mol. The van der Waals surface area contributed by atoms with Gasteiger partial charge >= 0.3 is 5.97 Å². The number of rotatable bonds is 1. The summed E-state index contributed by atoms with van der Waals surface area (Å²) in [5, 5.41) is 0. The van der Waals surface area contributed by atoms with E-state index in [0.717, 1.165) is 11.5 Å². The summed E-state index contributed by atoms with van der Waals surface area (Å²) in [6.45, 7) is 5.32. The van der Waals surface area contributed by atoms with Crippen molar-refractivity contribution in [1.82, 2.24) is 4.37 Å². The monoisotopic (exact) mass is 201 g/mol. The molecule has 0 aromatic carbocycles. The highest BCUT2D eigenvalue weighted by atomic mass is 32.1. The minimum Gasteiger partial charge on any atom is -0.455 e. The van der Waals surface area contributed by atoms with Crippen LogP contribution in [0.3, 0.4) is 0 Å². The number of carbonyl (C=O) groups is 1. The summed E-state index contributed by atoms with van der Waals surface area (Å²) in [6, 6.07) is 1.23. The molecule has 13 heavy (non-hydrogen) atoms. The molecule has 1 rings (SSSR count). The molecule has 0 aliphatic rings. The molecular weight excluding hydrogens is 190 g/mol. The van der Waals surface area contributed by atoms with Crippen LogP contribution < -0.4 is 4.74 Å². The lowest BCUT2D eigenvalue weighted by atomic mass is 10.2. The fourth-order valence-corrected chi connectivity index (χ4v) is 1.25. The second kappa shape index (κ2) is 3.33. The van der Waals surface area contributed by atoms with Gasteiger partial charge in [0.25, 0.3) is 0 Å². The smallest absolute Gasteiger partial charge is 0.356 e. The summed E-state index contributed by atoms with van der Waals surface area (Å²) >= 11 is 0.877. The van der Waals surface area contributed by atoms with E-state index in [1.807, 2.05) is 0 Å². The summed E-state index contributed by atoms with van der Waals surface area (Å²) < 4.78 is 7.44. The zero-order chi connectivity index (χ0) is 10.1. The molecule has 0 aliphatic carbocycles. The lowest BCUT2D eigenvalue weighted by Crippen LogP contribution is -2.24. The van der Waals surface area contributed by atoms with E-state index in [0.29, 0.717) is 0 Å². The van der Waals surface area contributed by atoms with Crippen molar-refractivity contribution < 1.29 is 9.53 Å². The third kappa shape index (κ3) is 3.02. The molecule has 0 spiro atoms. The zero-order valence-electron chi connectivity index (χ0n) is 7.71. The Morgan fingerprint density at radius 1 is 1.54 bits per heavy atom. The average molecular weight is 201 g/mol.